The molecule has 0 saturated heterocycles. The first-order valence-corrected chi connectivity index (χ1v) is 6.27. The zero-order chi connectivity index (χ0) is 13.4. The molecule has 0 fully saturated rings. The Labute approximate surface area is 115 Å². The minimum absolute atomic E-state index is 0.109. The lowest BCUT2D eigenvalue weighted by Crippen LogP contribution is -2.09. The zero-order valence-corrected chi connectivity index (χ0v) is 10.9. The summed E-state index contributed by atoms with van der Waals surface area (Å²) < 4.78 is 0. The Morgan fingerprint density at radius 1 is 1.16 bits per heavy atom. The summed E-state index contributed by atoms with van der Waals surface area (Å²) in [6, 6.07) is 13.4. The third kappa shape index (κ3) is 1.96. The lowest BCUT2D eigenvalue weighted by atomic mass is 9.99. The van der Waals surface area contributed by atoms with E-state index >= 15 is 0 Å². The van der Waals surface area contributed by atoms with Gasteiger partial charge in [0.2, 0.25) is 0 Å². The second-order valence-electron chi connectivity index (χ2n) is 4.34. The van der Waals surface area contributed by atoms with Crippen molar-refractivity contribution in [2.75, 3.05) is 0 Å². The maximum Gasteiger partial charge on any atom is 0.125 e. The second-order valence-corrected chi connectivity index (χ2v) is 4.78. The van der Waals surface area contributed by atoms with Crippen LogP contribution in [0.3, 0.4) is 0 Å². The molecule has 0 amide bonds. The highest BCUT2D eigenvalue weighted by Gasteiger charge is 2.09. The van der Waals surface area contributed by atoms with Gasteiger partial charge < -0.3 is 15.8 Å². The van der Waals surface area contributed by atoms with Crippen LogP contribution < -0.4 is 5.73 Å². The molecule has 0 bridgehead atoms. The van der Waals surface area contributed by atoms with E-state index in [1.165, 1.54) is 0 Å². The van der Waals surface area contributed by atoms with Crippen LogP contribution in [0.15, 0.2) is 48.7 Å². The number of rotatable bonds is 2. The van der Waals surface area contributed by atoms with Crippen LogP contribution in [0.4, 0.5) is 0 Å². The fourth-order valence-electron chi connectivity index (χ4n) is 2.24. The van der Waals surface area contributed by atoms with Crippen molar-refractivity contribution in [2.24, 2.45) is 5.73 Å². The minimum Gasteiger partial charge on any atom is -0.507 e. The monoisotopic (exact) mass is 268 g/mol. The van der Waals surface area contributed by atoms with Crippen LogP contribution in [-0.2, 0) is 0 Å². The van der Waals surface area contributed by atoms with Gasteiger partial charge >= 0.3 is 0 Å². The summed E-state index contributed by atoms with van der Waals surface area (Å²) in [6.07, 6.45) is 1.91. The number of nitrogens with one attached hydrogen (secondary N) is 1. The lowest BCUT2D eigenvalue weighted by Gasteiger charge is -2.08. The summed E-state index contributed by atoms with van der Waals surface area (Å²) in [6.45, 7) is 0. The van der Waals surface area contributed by atoms with Gasteiger partial charge in [-0.2, -0.15) is 0 Å². The van der Waals surface area contributed by atoms with E-state index in [2.05, 4.69) is 4.98 Å². The van der Waals surface area contributed by atoms with E-state index in [1.54, 1.807) is 6.07 Å². The van der Waals surface area contributed by atoms with Crippen molar-refractivity contribution in [3.8, 4) is 16.9 Å². The number of thiocarbonyl (C=S) groups is 1. The Bertz CT molecular complexity index is 777. The lowest BCUT2D eigenvalue weighted by molar-refractivity contribution is 0.474. The molecule has 94 valence electrons. The summed E-state index contributed by atoms with van der Waals surface area (Å²) in [5.41, 5.74) is 9.25. The second kappa shape index (κ2) is 4.40. The highest BCUT2D eigenvalue weighted by Crippen LogP contribution is 2.31. The summed E-state index contributed by atoms with van der Waals surface area (Å²) in [5, 5.41) is 10.9. The number of hydrogen-bond acceptors (Lipinski definition) is 2. The Morgan fingerprint density at radius 3 is 2.79 bits per heavy atom. The van der Waals surface area contributed by atoms with Crippen LogP contribution in [0.5, 0.6) is 5.75 Å². The Hall–Kier alpha value is -2.33. The topological polar surface area (TPSA) is 62.0 Å². The molecule has 0 aliphatic rings. The van der Waals surface area contributed by atoms with Crippen molar-refractivity contribution in [1.82, 2.24) is 4.98 Å². The average molecular weight is 268 g/mol. The molecule has 0 saturated carbocycles. The van der Waals surface area contributed by atoms with Crippen molar-refractivity contribution in [1.29, 1.82) is 0 Å². The SMILES string of the molecule is NC(=S)c1cc(-c2cccc3[nH]ccc23)ccc1O. The van der Waals surface area contributed by atoms with Crippen LogP contribution in [0.2, 0.25) is 0 Å². The molecule has 3 nitrogen and oxygen atoms in total. The van der Waals surface area contributed by atoms with E-state index in [0.717, 1.165) is 22.0 Å². The maximum absolute atomic E-state index is 9.75. The largest absolute Gasteiger partial charge is 0.507 e. The molecule has 19 heavy (non-hydrogen) atoms. The van der Waals surface area contributed by atoms with E-state index in [-0.39, 0.29) is 10.7 Å². The number of fused-ring (bicyclic) bond motifs is 1. The number of benzene rings is 2. The Balaban J connectivity index is 2.24. The van der Waals surface area contributed by atoms with E-state index in [0.29, 0.717) is 5.56 Å². The zero-order valence-electron chi connectivity index (χ0n) is 10.1. The van der Waals surface area contributed by atoms with Crippen LogP contribution in [-0.4, -0.2) is 15.1 Å². The number of aromatic hydroxyl groups is 1. The van der Waals surface area contributed by atoms with E-state index in [1.807, 2.05) is 42.6 Å². The molecule has 0 aliphatic carbocycles. The van der Waals surface area contributed by atoms with Crippen molar-refractivity contribution in [2.45, 2.75) is 0 Å². The molecule has 0 atom stereocenters. The standard InChI is InChI=1S/C15H12N2OS/c16-15(19)12-8-9(4-5-14(12)18)10-2-1-3-13-11(10)6-7-17-13/h1-8,17-18H,(H2,16,19). The summed E-state index contributed by atoms with van der Waals surface area (Å²) in [5.74, 6) is 0.109. The van der Waals surface area contributed by atoms with Gasteiger partial charge in [-0.3, -0.25) is 0 Å². The predicted molar refractivity (Wildman–Crippen MR) is 81.3 cm³/mol. The van der Waals surface area contributed by atoms with Crippen LogP contribution in [0, 0.1) is 0 Å². The normalized spacial score (nSPS) is 10.7. The Morgan fingerprint density at radius 2 is 2.00 bits per heavy atom. The van der Waals surface area contributed by atoms with Gasteiger partial charge in [-0.1, -0.05) is 30.4 Å². The quantitative estimate of drug-likeness (QED) is 0.626. The molecule has 0 unspecified atom stereocenters. The van der Waals surface area contributed by atoms with Crippen molar-refractivity contribution in [3.63, 3.8) is 0 Å². The third-order valence-corrected chi connectivity index (χ3v) is 3.39. The van der Waals surface area contributed by atoms with E-state index in [4.69, 9.17) is 18.0 Å². The summed E-state index contributed by atoms with van der Waals surface area (Å²) >= 11 is 4.95. The van der Waals surface area contributed by atoms with Gasteiger partial charge in [-0.05, 0) is 35.4 Å². The number of H-pyrrole nitrogens is 1. The van der Waals surface area contributed by atoms with Gasteiger partial charge in [-0.25, -0.2) is 0 Å². The fraction of sp³-hybridized carbons (Fsp3) is 0. The first-order valence-electron chi connectivity index (χ1n) is 5.86. The molecule has 0 aliphatic heterocycles. The molecule has 1 heterocycles. The number of phenolic OH excluding ortho intramolecular Hbond substituents is 1. The van der Waals surface area contributed by atoms with Gasteiger partial charge in [0.05, 0.1) is 5.56 Å². The molecule has 2 aromatic carbocycles. The number of aromatic nitrogens is 1. The molecule has 0 radical (unpaired) electrons. The van der Waals surface area contributed by atoms with Crippen LogP contribution in [0.25, 0.3) is 22.0 Å². The van der Waals surface area contributed by atoms with E-state index in [9.17, 15) is 5.11 Å². The van der Waals surface area contributed by atoms with Crippen molar-refractivity contribution < 1.29 is 5.11 Å². The van der Waals surface area contributed by atoms with Crippen LogP contribution >= 0.6 is 12.2 Å². The first-order chi connectivity index (χ1) is 9.16. The van der Waals surface area contributed by atoms with Gasteiger partial charge in [0.15, 0.2) is 0 Å². The summed E-state index contributed by atoms with van der Waals surface area (Å²) in [4.78, 5) is 3.37. The maximum atomic E-state index is 9.75. The van der Waals surface area contributed by atoms with Gasteiger partial charge in [0.1, 0.15) is 10.7 Å². The number of phenols is 1. The van der Waals surface area contributed by atoms with E-state index < -0.39 is 0 Å². The number of nitrogens with two attached hydrogens (primary N) is 1. The van der Waals surface area contributed by atoms with Gasteiger partial charge in [0.25, 0.3) is 0 Å². The number of hydrogen-bond donors (Lipinski definition) is 3. The Kier molecular flexibility index (Phi) is 2.72. The molecule has 3 rings (SSSR count). The molecular weight excluding hydrogens is 256 g/mol. The molecule has 1 aromatic heterocycles. The van der Waals surface area contributed by atoms with Crippen molar-refractivity contribution in [3.05, 3.63) is 54.2 Å². The number of aromatic amines is 1. The molecule has 3 aromatic rings. The molecule has 4 N–H and O–H groups in total. The third-order valence-electron chi connectivity index (χ3n) is 3.17. The van der Waals surface area contributed by atoms with Gasteiger partial charge in [0, 0.05) is 17.1 Å². The molecular formula is C15H12N2OS. The minimum atomic E-state index is 0.109. The molecule has 0 spiro atoms. The smallest absolute Gasteiger partial charge is 0.125 e. The highest BCUT2D eigenvalue weighted by molar-refractivity contribution is 7.80. The average Bonchev–Trinajstić information content (AvgIpc) is 2.87. The molecule has 4 heteroatoms. The predicted octanol–water partition coefficient (Wildman–Crippen LogP) is 3.17. The van der Waals surface area contributed by atoms with Gasteiger partial charge in [-0.15, -0.1) is 0 Å². The van der Waals surface area contributed by atoms with Crippen molar-refractivity contribution >= 4 is 28.1 Å². The van der Waals surface area contributed by atoms with Crippen LogP contribution in [0.1, 0.15) is 5.56 Å². The summed E-state index contributed by atoms with van der Waals surface area (Å²) in [7, 11) is 0. The highest BCUT2D eigenvalue weighted by atomic mass is 32.1. The fourth-order valence-corrected chi connectivity index (χ4v) is 2.40. The first kappa shape index (κ1) is 11.7.